The third kappa shape index (κ3) is 3.91. The van der Waals surface area contributed by atoms with Gasteiger partial charge in [0, 0.05) is 38.6 Å². The Morgan fingerprint density at radius 2 is 2.06 bits per heavy atom. The summed E-state index contributed by atoms with van der Waals surface area (Å²) in [5.41, 5.74) is -0.521. The minimum Gasteiger partial charge on any atom is -0.388 e. The Balaban J connectivity index is 1.83. The molecular weight excluding hydrogens is 216 g/mol. The quantitative estimate of drug-likeness (QED) is 0.761. The topological polar surface area (TPSA) is 44.7 Å². The lowest BCUT2D eigenvalue weighted by Crippen LogP contribution is -2.48. The van der Waals surface area contributed by atoms with Gasteiger partial charge < -0.3 is 20.1 Å². The molecule has 2 heterocycles. The monoisotopic (exact) mass is 242 g/mol. The fourth-order valence-corrected chi connectivity index (χ4v) is 2.94. The molecule has 0 radical (unpaired) electrons. The number of aliphatic hydroxyl groups is 1. The van der Waals surface area contributed by atoms with E-state index in [1.807, 2.05) is 0 Å². The van der Waals surface area contributed by atoms with E-state index in [1.54, 1.807) is 0 Å². The van der Waals surface area contributed by atoms with E-state index < -0.39 is 5.60 Å². The van der Waals surface area contributed by atoms with Crippen LogP contribution in [0.25, 0.3) is 0 Å². The maximum absolute atomic E-state index is 10.5. The summed E-state index contributed by atoms with van der Waals surface area (Å²) < 4.78 is 5.32. The molecule has 0 aromatic carbocycles. The first kappa shape index (κ1) is 13.3. The maximum atomic E-state index is 10.5. The second kappa shape index (κ2) is 6.14. The average molecular weight is 242 g/mol. The predicted octanol–water partition coefficient (Wildman–Crippen LogP) is 0.602. The van der Waals surface area contributed by atoms with Crippen LogP contribution in [0, 0.1) is 0 Å². The van der Waals surface area contributed by atoms with Gasteiger partial charge in [-0.25, -0.2) is 0 Å². The zero-order valence-electron chi connectivity index (χ0n) is 11.0. The molecule has 2 N–H and O–H groups in total. The van der Waals surface area contributed by atoms with Crippen molar-refractivity contribution in [3.63, 3.8) is 0 Å². The lowest BCUT2D eigenvalue weighted by Gasteiger charge is -2.38. The van der Waals surface area contributed by atoms with Crippen molar-refractivity contribution in [1.29, 1.82) is 0 Å². The van der Waals surface area contributed by atoms with Crippen LogP contribution in [0.1, 0.15) is 32.1 Å². The highest BCUT2D eigenvalue weighted by molar-refractivity contribution is 4.86. The van der Waals surface area contributed by atoms with Crippen LogP contribution in [0.5, 0.6) is 0 Å². The first-order chi connectivity index (χ1) is 8.20. The van der Waals surface area contributed by atoms with Crippen molar-refractivity contribution in [3.05, 3.63) is 0 Å². The minimum absolute atomic E-state index is 0.521. The van der Waals surface area contributed by atoms with Gasteiger partial charge in [0.05, 0.1) is 5.60 Å². The van der Waals surface area contributed by atoms with Crippen molar-refractivity contribution in [2.24, 2.45) is 0 Å². The highest BCUT2D eigenvalue weighted by atomic mass is 16.5. The summed E-state index contributed by atoms with van der Waals surface area (Å²) in [6, 6.07) is 0.622. The molecule has 1 atom stereocenters. The molecule has 2 saturated heterocycles. The van der Waals surface area contributed by atoms with Crippen molar-refractivity contribution >= 4 is 0 Å². The number of hydrogen-bond donors (Lipinski definition) is 2. The summed E-state index contributed by atoms with van der Waals surface area (Å²) in [6.07, 6.45) is 5.25. The van der Waals surface area contributed by atoms with E-state index in [1.165, 1.54) is 19.3 Å². The molecule has 4 heteroatoms. The molecule has 0 saturated carbocycles. The highest BCUT2D eigenvalue weighted by Crippen LogP contribution is 2.23. The van der Waals surface area contributed by atoms with Gasteiger partial charge in [-0.15, -0.1) is 0 Å². The van der Waals surface area contributed by atoms with E-state index in [9.17, 15) is 5.11 Å². The Labute approximate surface area is 104 Å². The van der Waals surface area contributed by atoms with Crippen LogP contribution in [-0.2, 0) is 4.74 Å². The van der Waals surface area contributed by atoms with E-state index in [2.05, 4.69) is 17.3 Å². The van der Waals surface area contributed by atoms with Gasteiger partial charge in [0.2, 0.25) is 0 Å². The summed E-state index contributed by atoms with van der Waals surface area (Å²) in [6.45, 7) is 4.45. The van der Waals surface area contributed by atoms with Crippen LogP contribution in [0.3, 0.4) is 0 Å². The van der Waals surface area contributed by atoms with Gasteiger partial charge in [-0.3, -0.25) is 0 Å². The van der Waals surface area contributed by atoms with Gasteiger partial charge in [0.25, 0.3) is 0 Å². The van der Waals surface area contributed by atoms with Crippen molar-refractivity contribution in [2.75, 3.05) is 39.9 Å². The Bertz CT molecular complexity index is 221. The fraction of sp³-hybridized carbons (Fsp3) is 1.00. The van der Waals surface area contributed by atoms with Gasteiger partial charge in [0.1, 0.15) is 0 Å². The van der Waals surface area contributed by atoms with Crippen molar-refractivity contribution in [2.45, 2.75) is 43.7 Å². The Morgan fingerprint density at radius 3 is 2.82 bits per heavy atom. The number of nitrogens with one attached hydrogen (secondary N) is 1. The van der Waals surface area contributed by atoms with Crippen LogP contribution in [0.2, 0.25) is 0 Å². The molecule has 2 aliphatic rings. The SMILES string of the molecule is CN(CC1(O)CCOCC1)C1CCCNCC1. The standard InChI is InChI=1S/C13H26N2O2/c1-15(12-3-2-7-14-8-4-12)11-13(16)5-9-17-10-6-13/h12,14,16H,2-11H2,1H3. The largest absolute Gasteiger partial charge is 0.388 e. The van der Waals surface area contributed by atoms with Gasteiger partial charge in [-0.1, -0.05) is 0 Å². The molecule has 100 valence electrons. The van der Waals surface area contributed by atoms with E-state index in [0.717, 1.165) is 32.5 Å². The zero-order valence-corrected chi connectivity index (χ0v) is 11.0. The van der Waals surface area contributed by atoms with Crippen LogP contribution in [-0.4, -0.2) is 61.5 Å². The zero-order chi connectivity index (χ0) is 12.1. The molecule has 0 bridgehead atoms. The Kier molecular flexibility index (Phi) is 4.79. The van der Waals surface area contributed by atoms with Crippen LogP contribution in [0.4, 0.5) is 0 Å². The summed E-state index contributed by atoms with van der Waals surface area (Å²) in [5, 5.41) is 13.9. The maximum Gasteiger partial charge on any atom is 0.0817 e. The summed E-state index contributed by atoms with van der Waals surface area (Å²) >= 11 is 0. The average Bonchev–Trinajstić information content (AvgIpc) is 2.57. The second-order valence-corrected chi connectivity index (χ2v) is 5.59. The smallest absolute Gasteiger partial charge is 0.0817 e. The molecule has 0 spiro atoms. The summed E-state index contributed by atoms with van der Waals surface area (Å²) in [4.78, 5) is 2.36. The highest BCUT2D eigenvalue weighted by Gasteiger charge is 2.32. The molecule has 1 unspecified atom stereocenters. The van der Waals surface area contributed by atoms with E-state index in [0.29, 0.717) is 19.3 Å². The van der Waals surface area contributed by atoms with Crippen LogP contribution >= 0.6 is 0 Å². The van der Waals surface area contributed by atoms with E-state index in [-0.39, 0.29) is 0 Å². The lowest BCUT2D eigenvalue weighted by molar-refractivity contribution is -0.0818. The summed E-state index contributed by atoms with van der Waals surface area (Å²) in [5.74, 6) is 0. The van der Waals surface area contributed by atoms with Crippen molar-refractivity contribution < 1.29 is 9.84 Å². The molecule has 0 aromatic heterocycles. The van der Waals surface area contributed by atoms with Gasteiger partial charge in [0.15, 0.2) is 0 Å². The number of likely N-dealkylation sites (N-methyl/N-ethyl adjacent to an activating group) is 1. The Morgan fingerprint density at radius 1 is 1.29 bits per heavy atom. The first-order valence-corrected chi connectivity index (χ1v) is 6.91. The lowest BCUT2D eigenvalue weighted by atomic mass is 9.93. The predicted molar refractivity (Wildman–Crippen MR) is 68.1 cm³/mol. The van der Waals surface area contributed by atoms with Crippen LogP contribution in [0.15, 0.2) is 0 Å². The van der Waals surface area contributed by atoms with E-state index in [4.69, 9.17) is 4.74 Å². The molecule has 17 heavy (non-hydrogen) atoms. The van der Waals surface area contributed by atoms with Gasteiger partial charge in [-0.05, 0) is 39.4 Å². The van der Waals surface area contributed by atoms with Gasteiger partial charge >= 0.3 is 0 Å². The number of rotatable bonds is 3. The second-order valence-electron chi connectivity index (χ2n) is 5.59. The normalized spacial score (nSPS) is 30.2. The number of ether oxygens (including phenoxy) is 1. The number of nitrogens with zero attached hydrogens (tertiary/aromatic N) is 1. The minimum atomic E-state index is -0.521. The molecule has 0 aromatic rings. The Hall–Kier alpha value is -0.160. The molecule has 2 aliphatic heterocycles. The van der Waals surface area contributed by atoms with Gasteiger partial charge in [-0.2, -0.15) is 0 Å². The molecule has 2 fully saturated rings. The molecule has 0 aliphatic carbocycles. The molecule has 4 nitrogen and oxygen atoms in total. The van der Waals surface area contributed by atoms with E-state index >= 15 is 0 Å². The molecular formula is C13H26N2O2. The molecule has 0 amide bonds. The van der Waals surface area contributed by atoms with Crippen molar-refractivity contribution in [3.8, 4) is 0 Å². The van der Waals surface area contributed by atoms with Crippen molar-refractivity contribution in [1.82, 2.24) is 10.2 Å². The third-order valence-corrected chi connectivity index (χ3v) is 4.14. The van der Waals surface area contributed by atoms with Crippen LogP contribution < -0.4 is 5.32 Å². The number of hydrogen-bond acceptors (Lipinski definition) is 4. The first-order valence-electron chi connectivity index (χ1n) is 6.91. The molecule has 2 rings (SSSR count). The third-order valence-electron chi connectivity index (χ3n) is 4.14. The summed E-state index contributed by atoms with van der Waals surface area (Å²) in [7, 11) is 2.16. The fourth-order valence-electron chi connectivity index (χ4n) is 2.94.